The van der Waals surface area contributed by atoms with Gasteiger partial charge in [-0.25, -0.2) is 14.3 Å². The van der Waals surface area contributed by atoms with Gasteiger partial charge in [0.15, 0.2) is 11.9 Å². The number of phosphoric acid groups is 1. The summed E-state index contributed by atoms with van der Waals surface area (Å²) in [5.41, 5.74) is 2.77. The SMILES string of the molecule is Cc1c(CN(C)C(=O)C=Cc2cnc3c(c2)NCC(OP(=O)(O)O)C(=O)N3)oc2ccccc12.O=C(O)C(F)(F)F. The van der Waals surface area contributed by atoms with Gasteiger partial charge in [0.05, 0.1) is 18.8 Å². The number of carbonyl (C=O) groups excluding carboxylic acids is 2. The maximum Gasteiger partial charge on any atom is 0.490 e. The molecule has 17 heteroatoms. The molecule has 41 heavy (non-hydrogen) atoms. The molecule has 3 aromatic rings. The zero-order valence-electron chi connectivity index (χ0n) is 21.4. The maximum absolute atomic E-state index is 12.6. The third-order valence-electron chi connectivity index (χ3n) is 5.55. The van der Waals surface area contributed by atoms with E-state index in [4.69, 9.17) is 24.1 Å². The van der Waals surface area contributed by atoms with Crippen LogP contribution in [0.4, 0.5) is 24.7 Å². The van der Waals surface area contributed by atoms with E-state index in [-0.39, 0.29) is 18.3 Å². The summed E-state index contributed by atoms with van der Waals surface area (Å²) in [6.07, 6.45) is -2.05. The van der Waals surface area contributed by atoms with Crippen LogP contribution < -0.4 is 10.6 Å². The predicted molar refractivity (Wildman–Crippen MR) is 138 cm³/mol. The van der Waals surface area contributed by atoms with E-state index in [0.717, 1.165) is 16.5 Å². The second kappa shape index (κ2) is 12.5. The number of aromatic nitrogens is 1. The van der Waals surface area contributed by atoms with Crippen molar-refractivity contribution < 1.29 is 56.0 Å². The highest BCUT2D eigenvalue weighted by Crippen LogP contribution is 2.38. The van der Waals surface area contributed by atoms with Crippen molar-refractivity contribution >= 4 is 54.2 Å². The molecule has 13 nitrogen and oxygen atoms in total. The Labute approximate surface area is 229 Å². The Morgan fingerprint density at radius 1 is 1.29 bits per heavy atom. The van der Waals surface area contributed by atoms with Crippen LogP contribution in [0.5, 0.6) is 0 Å². The fraction of sp³-hybridized carbons (Fsp3) is 0.250. The molecule has 3 heterocycles. The monoisotopic (exact) mass is 600 g/mol. The third-order valence-corrected chi connectivity index (χ3v) is 6.07. The van der Waals surface area contributed by atoms with Crippen molar-refractivity contribution in [1.29, 1.82) is 0 Å². The first-order chi connectivity index (χ1) is 19.0. The number of rotatable bonds is 6. The van der Waals surface area contributed by atoms with Gasteiger partial charge in [0.2, 0.25) is 5.91 Å². The number of aryl methyl sites for hydroxylation is 1. The van der Waals surface area contributed by atoms with Crippen molar-refractivity contribution in [2.45, 2.75) is 25.7 Å². The average molecular weight is 600 g/mol. The Kier molecular flexibility index (Phi) is 9.55. The molecule has 0 saturated heterocycles. The van der Waals surface area contributed by atoms with Gasteiger partial charge < -0.3 is 34.8 Å². The van der Waals surface area contributed by atoms with Gasteiger partial charge >= 0.3 is 20.0 Å². The van der Waals surface area contributed by atoms with Gasteiger partial charge in [-0.15, -0.1) is 0 Å². The fourth-order valence-corrected chi connectivity index (χ4v) is 4.02. The summed E-state index contributed by atoms with van der Waals surface area (Å²) in [6.45, 7) is 2.09. The maximum atomic E-state index is 12.6. The number of nitrogens with zero attached hydrogens (tertiary/aromatic N) is 2. The molecule has 1 unspecified atom stereocenters. The molecular formula is C24H24F3N4O9P. The van der Waals surface area contributed by atoms with Crippen molar-refractivity contribution in [3.05, 3.63) is 59.5 Å². The number of amides is 2. The topological polar surface area (TPSA) is 192 Å². The van der Waals surface area contributed by atoms with E-state index < -0.39 is 32.0 Å². The van der Waals surface area contributed by atoms with E-state index >= 15 is 0 Å². The summed E-state index contributed by atoms with van der Waals surface area (Å²) in [7, 11) is -3.17. The molecule has 1 aliphatic heterocycles. The number of carboxylic acids is 1. The highest BCUT2D eigenvalue weighted by Gasteiger charge is 2.38. The number of phosphoric ester groups is 1. The van der Waals surface area contributed by atoms with Crippen LogP contribution in [-0.2, 0) is 30.0 Å². The molecule has 0 saturated carbocycles. The van der Waals surface area contributed by atoms with Gasteiger partial charge in [-0.05, 0) is 30.7 Å². The summed E-state index contributed by atoms with van der Waals surface area (Å²) in [6, 6.07) is 9.34. The van der Waals surface area contributed by atoms with Crippen molar-refractivity contribution in [3.8, 4) is 0 Å². The van der Waals surface area contributed by atoms with Crippen LogP contribution in [-0.4, -0.2) is 68.4 Å². The lowest BCUT2D eigenvalue weighted by Crippen LogP contribution is -2.33. The van der Waals surface area contributed by atoms with Crippen LogP contribution in [0.2, 0.25) is 0 Å². The van der Waals surface area contributed by atoms with Crippen molar-refractivity contribution in [2.24, 2.45) is 0 Å². The van der Waals surface area contributed by atoms with E-state index in [2.05, 4.69) is 20.1 Å². The third kappa shape index (κ3) is 8.62. The van der Waals surface area contributed by atoms with Crippen molar-refractivity contribution in [3.63, 3.8) is 0 Å². The number of furan rings is 1. The lowest BCUT2D eigenvalue weighted by Gasteiger charge is -2.14. The standard InChI is InChI=1S/C22H23N4O7P.C2HF3O2/c1-13-15-5-3-4-6-17(15)32-19(13)12-26(2)20(27)8-7-14-9-16-21(24-10-14)25-22(28)18(11-23-16)33-34(29,30)31;3-2(4,5)1(6)7/h3-10,18,23H,11-12H2,1-2H3,(H,24,25,28)(H2,29,30,31);(H,6,7). The fourth-order valence-electron chi connectivity index (χ4n) is 3.51. The van der Waals surface area contributed by atoms with Gasteiger partial charge in [-0.2, -0.15) is 13.2 Å². The predicted octanol–water partition coefficient (Wildman–Crippen LogP) is 3.28. The largest absolute Gasteiger partial charge is 0.490 e. The Balaban J connectivity index is 0.000000587. The molecule has 1 aromatic carbocycles. The number of para-hydroxylation sites is 1. The van der Waals surface area contributed by atoms with Gasteiger partial charge in [-0.1, -0.05) is 18.2 Å². The molecular weight excluding hydrogens is 576 g/mol. The number of alkyl halides is 3. The second-order valence-electron chi connectivity index (χ2n) is 8.60. The molecule has 220 valence electrons. The number of carboxylic acid groups (broad SMARTS) is 1. The van der Waals surface area contributed by atoms with Crippen LogP contribution in [0.3, 0.4) is 0 Å². The van der Waals surface area contributed by atoms with E-state index in [1.807, 2.05) is 31.2 Å². The molecule has 5 N–H and O–H groups in total. The van der Waals surface area contributed by atoms with Crippen molar-refractivity contribution in [2.75, 3.05) is 24.2 Å². The minimum Gasteiger partial charge on any atom is -0.475 e. The molecule has 1 aliphatic rings. The normalized spacial score (nSPS) is 15.3. The molecule has 2 aromatic heterocycles. The highest BCUT2D eigenvalue weighted by molar-refractivity contribution is 7.46. The highest BCUT2D eigenvalue weighted by atomic mass is 31.2. The first kappa shape index (κ1) is 31.3. The lowest BCUT2D eigenvalue weighted by molar-refractivity contribution is -0.192. The Hall–Kier alpha value is -4.24. The zero-order valence-corrected chi connectivity index (χ0v) is 22.3. The molecule has 0 spiro atoms. The number of halogens is 3. The van der Waals surface area contributed by atoms with Crippen molar-refractivity contribution in [1.82, 2.24) is 9.88 Å². The summed E-state index contributed by atoms with van der Waals surface area (Å²) < 4.78 is 53.2. The smallest absolute Gasteiger partial charge is 0.475 e. The first-order valence-electron chi connectivity index (χ1n) is 11.5. The van der Waals surface area contributed by atoms with E-state index in [1.54, 1.807) is 19.2 Å². The first-order valence-corrected chi connectivity index (χ1v) is 13.1. The summed E-state index contributed by atoms with van der Waals surface area (Å²) in [5.74, 6) is -2.84. The Morgan fingerprint density at radius 2 is 1.95 bits per heavy atom. The molecule has 0 aliphatic carbocycles. The molecule has 0 radical (unpaired) electrons. The number of anilines is 2. The van der Waals surface area contributed by atoms with Gasteiger partial charge in [0.1, 0.15) is 11.3 Å². The number of pyridine rings is 1. The number of aliphatic carboxylic acids is 1. The molecule has 0 fully saturated rings. The minimum absolute atomic E-state index is 0.169. The van der Waals surface area contributed by atoms with Gasteiger partial charge in [-0.3, -0.25) is 14.1 Å². The van der Waals surface area contributed by atoms with Crippen LogP contribution >= 0.6 is 7.82 Å². The number of fused-ring (bicyclic) bond motifs is 2. The van der Waals surface area contributed by atoms with E-state index in [1.165, 1.54) is 17.2 Å². The Bertz CT molecular complexity index is 1530. The summed E-state index contributed by atoms with van der Waals surface area (Å²) in [4.78, 5) is 57.3. The second-order valence-corrected chi connectivity index (χ2v) is 9.79. The van der Waals surface area contributed by atoms with Crippen LogP contribution in [0.15, 0.2) is 47.0 Å². The van der Waals surface area contributed by atoms with E-state index in [0.29, 0.717) is 23.6 Å². The summed E-state index contributed by atoms with van der Waals surface area (Å²) in [5, 5.41) is 13.5. The lowest BCUT2D eigenvalue weighted by atomic mass is 10.1. The van der Waals surface area contributed by atoms with Gasteiger partial charge in [0, 0.05) is 30.3 Å². The average Bonchev–Trinajstić information content (AvgIpc) is 3.11. The number of hydrogen-bond acceptors (Lipinski definition) is 8. The number of likely N-dealkylation sites (N-methyl/N-ethyl adjacent to an activating group) is 1. The van der Waals surface area contributed by atoms with Crippen LogP contribution in [0, 0.1) is 6.92 Å². The van der Waals surface area contributed by atoms with Crippen LogP contribution in [0.25, 0.3) is 17.0 Å². The molecule has 0 bridgehead atoms. The number of benzene rings is 1. The van der Waals surface area contributed by atoms with E-state index in [9.17, 15) is 27.3 Å². The number of nitrogens with one attached hydrogen (secondary N) is 2. The molecule has 1 atom stereocenters. The number of hydrogen-bond donors (Lipinski definition) is 5. The summed E-state index contributed by atoms with van der Waals surface area (Å²) >= 11 is 0. The van der Waals surface area contributed by atoms with Gasteiger partial charge in [0.25, 0.3) is 5.91 Å². The van der Waals surface area contributed by atoms with Crippen LogP contribution in [0.1, 0.15) is 16.9 Å². The number of carbonyl (C=O) groups is 3. The quantitative estimate of drug-likeness (QED) is 0.206. The molecule has 4 rings (SSSR count). The zero-order chi connectivity index (χ0) is 30.5. The molecule has 2 amide bonds. The Morgan fingerprint density at radius 3 is 2.56 bits per heavy atom. The minimum atomic E-state index is -5.08.